The summed E-state index contributed by atoms with van der Waals surface area (Å²) >= 11 is 7.49. The number of nitrogens with zero attached hydrogens (tertiary/aromatic N) is 2. The average Bonchev–Trinajstić information content (AvgIpc) is 3.25. The van der Waals surface area contributed by atoms with Crippen LogP contribution in [0, 0.1) is 0 Å². The van der Waals surface area contributed by atoms with Gasteiger partial charge in [0.05, 0.1) is 29.7 Å². The predicted molar refractivity (Wildman–Crippen MR) is 112 cm³/mol. The fourth-order valence-corrected chi connectivity index (χ4v) is 3.73. The summed E-state index contributed by atoms with van der Waals surface area (Å²) in [6, 6.07) is 10.4. The molecule has 2 aromatic carbocycles. The Hall–Kier alpha value is -3.10. The highest BCUT2D eigenvalue weighted by Crippen LogP contribution is 2.36. The SMILES string of the molecule is COc1ccc(Cl)cc1NC(=O)CN1C(=O)COc2ccc(-c3cscn3)cc21. The van der Waals surface area contributed by atoms with Crippen LogP contribution in [0.5, 0.6) is 11.5 Å². The molecule has 0 saturated carbocycles. The molecule has 0 spiro atoms. The third-order valence-electron chi connectivity index (χ3n) is 4.37. The van der Waals surface area contributed by atoms with E-state index in [2.05, 4.69) is 10.3 Å². The van der Waals surface area contributed by atoms with Crippen LogP contribution in [-0.2, 0) is 9.59 Å². The van der Waals surface area contributed by atoms with Crippen molar-refractivity contribution < 1.29 is 19.1 Å². The van der Waals surface area contributed by atoms with Gasteiger partial charge in [-0.05, 0) is 36.4 Å². The number of halogens is 1. The Bertz CT molecular complexity index is 1070. The molecular formula is C20H16ClN3O4S. The van der Waals surface area contributed by atoms with Gasteiger partial charge in [-0.25, -0.2) is 4.98 Å². The number of carbonyl (C=O) groups excluding carboxylic acids is 2. The van der Waals surface area contributed by atoms with Crippen LogP contribution < -0.4 is 19.7 Å². The molecule has 29 heavy (non-hydrogen) atoms. The number of hydrogen-bond donors (Lipinski definition) is 1. The van der Waals surface area contributed by atoms with Crippen molar-refractivity contribution in [1.29, 1.82) is 0 Å². The minimum Gasteiger partial charge on any atom is -0.495 e. The zero-order valence-corrected chi connectivity index (χ0v) is 16.9. The number of methoxy groups -OCH3 is 1. The summed E-state index contributed by atoms with van der Waals surface area (Å²) in [6.07, 6.45) is 0. The zero-order chi connectivity index (χ0) is 20.4. The fraction of sp³-hybridized carbons (Fsp3) is 0.150. The maximum atomic E-state index is 12.7. The second kappa shape index (κ2) is 8.10. The van der Waals surface area contributed by atoms with Crippen LogP contribution in [0.25, 0.3) is 11.3 Å². The summed E-state index contributed by atoms with van der Waals surface area (Å²) in [5.41, 5.74) is 4.33. The molecule has 0 saturated heterocycles. The van der Waals surface area contributed by atoms with Gasteiger partial charge in [0.2, 0.25) is 5.91 Å². The van der Waals surface area contributed by atoms with Crippen LogP contribution >= 0.6 is 22.9 Å². The molecule has 1 aliphatic rings. The van der Waals surface area contributed by atoms with E-state index in [-0.39, 0.29) is 25.0 Å². The molecular weight excluding hydrogens is 414 g/mol. The molecule has 3 aromatic rings. The van der Waals surface area contributed by atoms with Crippen LogP contribution in [0.2, 0.25) is 5.02 Å². The number of hydrogen-bond acceptors (Lipinski definition) is 6. The highest BCUT2D eigenvalue weighted by atomic mass is 35.5. The number of rotatable bonds is 5. The zero-order valence-electron chi connectivity index (χ0n) is 15.3. The second-order valence-electron chi connectivity index (χ2n) is 6.22. The Labute approximate surface area is 175 Å². The van der Waals surface area contributed by atoms with Gasteiger partial charge in [0.25, 0.3) is 5.91 Å². The first kappa shape index (κ1) is 19.2. The van der Waals surface area contributed by atoms with Gasteiger partial charge in [0.1, 0.15) is 18.0 Å². The maximum Gasteiger partial charge on any atom is 0.265 e. The molecule has 0 radical (unpaired) electrons. The second-order valence-corrected chi connectivity index (χ2v) is 7.37. The molecule has 2 amide bonds. The smallest absolute Gasteiger partial charge is 0.265 e. The largest absolute Gasteiger partial charge is 0.495 e. The lowest BCUT2D eigenvalue weighted by Gasteiger charge is -2.29. The number of aromatic nitrogens is 1. The Morgan fingerprint density at radius 1 is 1.34 bits per heavy atom. The predicted octanol–water partition coefficient (Wildman–Crippen LogP) is 3.84. The normalized spacial score (nSPS) is 12.9. The Kier molecular flexibility index (Phi) is 5.37. The van der Waals surface area contributed by atoms with Gasteiger partial charge in [-0.2, -0.15) is 0 Å². The van der Waals surface area contributed by atoms with Crippen molar-refractivity contribution in [1.82, 2.24) is 4.98 Å². The molecule has 9 heteroatoms. The summed E-state index contributed by atoms with van der Waals surface area (Å²) < 4.78 is 10.8. The van der Waals surface area contributed by atoms with E-state index >= 15 is 0 Å². The van der Waals surface area contributed by atoms with E-state index in [9.17, 15) is 9.59 Å². The molecule has 0 aliphatic carbocycles. The Morgan fingerprint density at radius 2 is 2.21 bits per heavy atom. The van der Waals surface area contributed by atoms with Crippen molar-refractivity contribution in [3.63, 3.8) is 0 Å². The molecule has 0 unspecified atom stereocenters. The average molecular weight is 430 g/mol. The van der Waals surface area contributed by atoms with Crippen LogP contribution in [-0.4, -0.2) is 37.1 Å². The van der Waals surface area contributed by atoms with E-state index < -0.39 is 0 Å². The van der Waals surface area contributed by atoms with E-state index in [1.54, 1.807) is 35.8 Å². The van der Waals surface area contributed by atoms with Crippen LogP contribution in [0.1, 0.15) is 0 Å². The van der Waals surface area contributed by atoms with Gasteiger partial charge >= 0.3 is 0 Å². The number of thiazole rings is 1. The van der Waals surface area contributed by atoms with Gasteiger partial charge in [0, 0.05) is 16.0 Å². The van der Waals surface area contributed by atoms with Gasteiger partial charge in [0.15, 0.2) is 6.61 Å². The first-order chi connectivity index (χ1) is 14.0. The summed E-state index contributed by atoms with van der Waals surface area (Å²) in [6.45, 7) is -0.303. The number of benzene rings is 2. The standard InChI is InChI=1S/C20H16ClN3O4S/c1-27-17-5-3-13(21)7-14(17)23-19(25)8-24-16-6-12(15-10-29-11-22-15)2-4-18(16)28-9-20(24)26/h2-7,10-11H,8-9H2,1H3,(H,23,25). The van der Waals surface area contributed by atoms with E-state index in [4.69, 9.17) is 21.1 Å². The quantitative estimate of drug-likeness (QED) is 0.666. The highest BCUT2D eigenvalue weighted by molar-refractivity contribution is 7.07. The molecule has 1 aliphatic heterocycles. The Balaban J connectivity index is 1.59. The molecule has 7 nitrogen and oxygen atoms in total. The van der Waals surface area contributed by atoms with E-state index in [0.29, 0.717) is 27.9 Å². The molecule has 0 atom stereocenters. The molecule has 0 bridgehead atoms. The lowest BCUT2D eigenvalue weighted by atomic mass is 10.1. The summed E-state index contributed by atoms with van der Waals surface area (Å²) in [4.78, 5) is 30.9. The number of fused-ring (bicyclic) bond motifs is 1. The molecule has 148 valence electrons. The summed E-state index contributed by atoms with van der Waals surface area (Å²) in [5.74, 6) is 0.325. The first-order valence-corrected chi connectivity index (χ1v) is 9.96. The topological polar surface area (TPSA) is 80.8 Å². The van der Waals surface area contributed by atoms with Gasteiger partial charge in [-0.15, -0.1) is 11.3 Å². The lowest BCUT2D eigenvalue weighted by Crippen LogP contribution is -2.43. The Morgan fingerprint density at radius 3 is 2.97 bits per heavy atom. The van der Waals surface area contributed by atoms with Crippen molar-refractivity contribution in [2.75, 3.05) is 30.5 Å². The van der Waals surface area contributed by atoms with Crippen molar-refractivity contribution in [2.24, 2.45) is 0 Å². The third kappa shape index (κ3) is 4.03. The highest BCUT2D eigenvalue weighted by Gasteiger charge is 2.28. The monoisotopic (exact) mass is 429 g/mol. The van der Waals surface area contributed by atoms with Gasteiger partial charge < -0.3 is 14.8 Å². The van der Waals surface area contributed by atoms with E-state index in [1.807, 2.05) is 11.4 Å². The van der Waals surface area contributed by atoms with Gasteiger partial charge in [-0.1, -0.05) is 11.6 Å². The lowest BCUT2D eigenvalue weighted by molar-refractivity contribution is -0.123. The van der Waals surface area contributed by atoms with Crippen LogP contribution in [0.15, 0.2) is 47.3 Å². The van der Waals surface area contributed by atoms with E-state index in [0.717, 1.165) is 11.3 Å². The molecule has 2 heterocycles. The number of ether oxygens (including phenoxy) is 2. The van der Waals surface area contributed by atoms with Crippen molar-refractivity contribution >= 4 is 46.1 Å². The molecule has 1 aromatic heterocycles. The maximum absolute atomic E-state index is 12.7. The number of carbonyl (C=O) groups is 2. The van der Waals surface area contributed by atoms with Crippen LogP contribution in [0.4, 0.5) is 11.4 Å². The molecule has 1 N–H and O–H groups in total. The van der Waals surface area contributed by atoms with Crippen LogP contribution in [0.3, 0.4) is 0 Å². The van der Waals surface area contributed by atoms with E-state index in [1.165, 1.54) is 23.3 Å². The molecule has 4 rings (SSSR count). The van der Waals surface area contributed by atoms with Gasteiger partial charge in [-0.3, -0.25) is 14.5 Å². The number of amides is 2. The number of nitrogens with one attached hydrogen (secondary N) is 1. The minimum absolute atomic E-state index is 0.128. The van der Waals surface area contributed by atoms with Crippen molar-refractivity contribution in [2.45, 2.75) is 0 Å². The summed E-state index contributed by atoms with van der Waals surface area (Å²) in [5, 5.41) is 5.12. The van der Waals surface area contributed by atoms with Crippen molar-refractivity contribution in [3.05, 3.63) is 52.3 Å². The number of anilines is 2. The third-order valence-corrected chi connectivity index (χ3v) is 5.19. The first-order valence-electron chi connectivity index (χ1n) is 8.64. The fourth-order valence-electron chi connectivity index (χ4n) is 3.00. The van der Waals surface area contributed by atoms with Crippen molar-refractivity contribution in [3.8, 4) is 22.8 Å². The molecule has 0 fully saturated rings. The summed E-state index contributed by atoms with van der Waals surface area (Å²) in [7, 11) is 1.50. The minimum atomic E-state index is -0.383.